The number of aliphatic hydroxyl groups is 2. The van der Waals surface area contributed by atoms with Crippen LogP contribution in [0, 0.1) is 0 Å². The Hall–Kier alpha value is -2.20. The standard InChI is InChI=1S/C23H29F4NO4/c24-22(25,10-12-32-16-23(26,27)19-5-2-1-3-6-19)9-4-11-28-21(31)14-17-7-8-20(30)18(13-17)15-29/h1-3,5-8,13,21,28-31H,4,9-12,14-16H2/t21-/m0/s1. The number of nitrogens with one attached hydrogen (secondary N) is 1. The lowest BCUT2D eigenvalue weighted by Gasteiger charge is -2.20. The van der Waals surface area contributed by atoms with Crippen molar-refractivity contribution in [3.63, 3.8) is 0 Å². The van der Waals surface area contributed by atoms with Gasteiger partial charge in [0.15, 0.2) is 0 Å². The summed E-state index contributed by atoms with van der Waals surface area (Å²) in [5, 5.41) is 31.4. The van der Waals surface area contributed by atoms with Crippen molar-refractivity contribution in [3.8, 4) is 5.75 Å². The minimum absolute atomic E-state index is 0.0475. The third-order valence-electron chi connectivity index (χ3n) is 4.93. The molecule has 0 bridgehead atoms. The van der Waals surface area contributed by atoms with Crippen LogP contribution >= 0.6 is 0 Å². The highest BCUT2D eigenvalue weighted by Gasteiger charge is 2.33. The van der Waals surface area contributed by atoms with Gasteiger partial charge in [-0.05, 0) is 30.7 Å². The summed E-state index contributed by atoms with van der Waals surface area (Å²) in [7, 11) is 0. The van der Waals surface area contributed by atoms with Crippen molar-refractivity contribution in [2.24, 2.45) is 0 Å². The molecule has 2 rings (SSSR count). The van der Waals surface area contributed by atoms with Gasteiger partial charge >= 0.3 is 0 Å². The fraction of sp³-hybridized carbons (Fsp3) is 0.478. The highest BCUT2D eigenvalue weighted by atomic mass is 19.3. The number of halogens is 4. The van der Waals surface area contributed by atoms with Crippen molar-refractivity contribution in [3.05, 3.63) is 65.2 Å². The first kappa shape index (κ1) is 26.1. The molecule has 9 heteroatoms. The van der Waals surface area contributed by atoms with E-state index in [0.29, 0.717) is 11.1 Å². The molecule has 2 aromatic rings. The van der Waals surface area contributed by atoms with Gasteiger partial charge in [-0.2, -0.15) is 8.78 Å². The summed E-state index contributed by atoms with van der Waals surface area (Å²) in [6.07, 6.45) is -1.88. The van der Waals surface area contributed by atoms with Gasteiger partial charge < -0.3 is 20.1 Å². The van der Waals surface area contributed by atoms with E-state index in [-0.39, 0.29) is 37.3 Å². The van der Waals surface area contributed by atoms with Crippen LogP contribution in [-0.4, -0.2) is 47.2 Å². The Labute approximate surface area is 184 Å². The Balaban J connectivity index is 1.63. The molecule has 0 aromatic heterocycles. The number of hydrogen-bond acceptors (Lipinski definition) is 5. The first-order valence-corrected chi connectivity index (χ1v) is 10.3. The zero-order valence-corrected chi connectivity index (χ0v) is 17.6. The van der Waals surface area contributed by atoms with Crippen molar-refractivity contribution >= 4 is 0 Å². The predicted molar refractivity (Wildman–Crippen MR) is 112 cm³/mol. The van der Waals surface area contributed by atoms with E-state index >= 15 is 0 Å². The number of aliphatic hydroxyl groups excluding tert-OH is 2. The molecule has 2 aromatic carbocycles. The summed E-state index contributed by atoms with van der Waals surface area (Å²) in [5.74, 6) is -6.36. The number of rotatable bonds is 14. The van der Waals surface area contributed by atoms with Crippen LogP contribution in [-0.2, 0) is 23.7 Å². The monoisotopic (exact) mass is 459 g/mol. The highest BCUT2D eigenvalue weighted by molar-refractivity contribution is 5.35. The van der Waals surface area contributed by atoms with Crippen molar-refractivity contribution in [2.45, 2.75) is 50.4 Å². The van der Waals surface area contributed by atoms with Crippen molar-refractivity contribution in [2.75, 3.05) is 19.8 Å². The number of phenols is 1. The van der Waals surface area contributed by atoms with E-state index in [9.17, 15) is 27.8 Å². The maximum Gasteiger partial charge on any atom is 0.296 e. The summed E-state index contributed by atoms with van der Waals surface area (Å²) >= 11 is 0. The molecule has 0 radical (unpaired) electrons. The smallest absolute Gasteiger partial charge is 0.296 e. The molecule has 0 aliphatic rings. The molecule has 0 unspecified atom stereocenters. The number of ether oxygens (including phenoxy) is 1. The molecule has 0 aliphatic carbocycles. The lowest BCUT2D eigenvalue weighted by molar-refractivity contribution is -0.100. The fourth-order valence-electron chi connectivity index (χ4n) is 3.12. The van der Waals surface area contributed by atoms with Crippen LogP contribution < -0.4 is 5.32 Å². The second-order valence-corrected chi connectivity index (χ2v) is 7.63. The average Bonchev–Trinajstić information content (AvgIpc) is 2.76. The van der Waals surface area contributed by atoms with E-state index in [0.717, 1.165) is 0 Å². The van der Waals surface area contributed by atoms with Gasteiger partial charge in [0.05, 0.1) is 13.2 Å². The lowest BCUT2D eigenvalue weighted by atomic mass is 10.1. The van der Waals surface area contributed by atoms with Gasteiger partial charge in [0.25, 0.3) is 5.92 Å². The largest absolute Gasteiger partial charge is 0.508 e. The third-order valence-corrected chi connectivity index (χ3v) is 4.93. The molecular weight excluding hydrogens is 430 g/mol. The van der Waals surface area contributed by atoms with Crippen LogP contribution in [0.25, 0.3) is 0 Å². The van der Waals surface area contributed by atoms with Crippen LogP contribution in [0.3, 0.4) is 0 Å². The van der Waals surface area contributed by atoms with Gasteiger partial charge in [-0.3, -0.25) is 5.32 Å². The van der Waals surface area contributed by atoms with Gasteiger partial charge in [-0.25, -0.2) is 8.78 Å². The summed E-state index contributed by atoms with van der Waals surface area (Å²) in [6.45, 7) is -1.66. The molecule has 0 amide bonds. The Kier molecular flexibility index (Phi) is 9.89. The van der Waals surface area contributed by atoms with Gasteiger partial charge in [0, 0.05) is 30.4 Å². The summed E-state index contributed by atoms with van der Waals surface area (Å²) in [4.78, 5) is 0. The summed E-state index contributed by atoms with van der Waals surface area (Å²) in [6, 6.07) is 11.6. The van der Waals surface area contributed by atoms with E-state index in [2.05, 4.69) is 5.32 Å². The molecule has 0 saturated carbocycles. The first-order valence-electron chi connectivity index (χ1n) is 10.3. The van der Waals surface area contributed by atoms with E-state index in [1.165, 1.54) is 30.3 Å². The normalized spacial score (nSPS) is 13.3. The molecule has 1 atom stereocenters. The fourth-order valence-corrected chi connectivity index (χ4v) is 3.12. The maximum atomic E-state index is 14.0. The molecule has 0 heterocycles. The van der Waals surface area contributed by atoms with Crippen molar-refractivity contribution in [1.82, 2.24) is 5.32 Å². The van der Waals surface area contributed by atoms with Crippen LogP contribution in [0.2, 0.25) is 0 Å². The SMILES string of the molecule is OCc1cc(C[C@H](O)NCCCC(F)(F)CCOCC(F)(F)c2ccccc2)ccc1O. The van der Waals surface area contributed by atoms with Gasteiger partial charge in [0.2, 0.25) is 5.92 Å². The zero-order chi connectivity index (χ0) is 23.6. The van der Waals surface area contributed by atoms with Gasteiger partial charge in [-0.15, -0.1) is 0 Å². The molecule has 4 N–H and O–H groups in total. The van der Waals surface area contributed by atoms with E-state index < -0.39 is 44.1 Å². The van der Waals surface area contributed by atoms with E-state index in [1.807, 2.05) is 0 Å². The maximum absolute atomic E-state index is 14.0. The van der Waals surface area contributed by atoms with E-state index in [4.69, 9.17) is 9.84 Å². The average molecular weight is 459 g/mol. The van der Waals surface area contributed by atoms with Crippen LogP contribution in [0.15, 0.2) is 48.5 Å². The molecule has 178 valence electrons. The molecule has 0 spiro atoms. The number of hydrogen-bond donors (Lipinski definition) is 4. The second kappa shape index (κ2) is 12.2. The molecular formula is C23H29F4NO4. The second-order valence-electron chi connectivity index (χ2n) is 7.63. The van der Waals surface area contributed by atoms with Crippen LogP contribution in [0.4, 0.5) is 17.6 Å². The highest BCUT2D eigenvalue weighted by Crippen LogP contribution is 2.29. The first-order chi connectivity index (χ1) is 15.1. The number of benzene rings is 2. The van der Waals surface area contributed by atoms with Crippen LogP contribution in [0.5, 0.6) is 5.75 Å². The topological polar surface area (TPSA) is 82.0 Å². The number of alkyl halides is 4. The Bertz CT molecular complexity index is 821. The van der Waals surface area contributed by atoms with E-state index in [1.54, 1.807) is 18.2 Å². The quantitative estimate of drug-likeness (QED) is 0.195. The molecule has 0 aliphatic heterocycles. The van der Waals surface area contributed by atoms with Crippen LogP contribution in [0.1, 0.15) is 36.0 Å². The molecule has 0 saturated heterocycles. The third kappa shape index (κ3) is 8.74. The van der Waals surface area contributed by atoms with Gasteiger partial charge in [-0.1, -0.05) is 36.4 Å². The Morgan fingerprint density at radius 1 is 1.00 bits per heavy atom. The Morgan fingerprint density at radius 2 is 1.72 bits per heavy atom. The lowest BCUT2D eigenvalue weighted by Crippen LogP contribution is -2.32. The van der Waals surface area contributed by atoms with Crippen molar-refractivity contribution < 1.29 is 37.6 Å². The van der Waals surface area contributed by atoms with Gasteiger partial charge in [0.1, 0.15) is 18.6 Å². The zero-order valence-electron chi connectivity index (χ0n) is 17.6. The minimum Gasteiger partial charge on any atom is -0.508 e. The minimum atomic E-state index is -3.24. The summed E-state index contributed by atoms with van der Waals surface area (Å²) in [5.41, 5.74) is 0.774. The number of aromatic hydroxyl groups is 1. The summed E-state index contributed by atoms with van der Waals surface area (Å²) < 4.78 is 60.6. The molecule has 5 nitrogen and oxygen atoms in total. The molecule has 0 fully saturated rings. The molecule has 32 heavy (non-hydrogen) atoms. The van der Waals surface area contributed by atoms with Crippen molar-refractivity contribution in [1.29, 1.82) is 0 Å². The Morgan fingerprint density at radius 3 is 2.41 bits per heavy atom. The predicted octanol–water partition coefficient (Wildman–Crippen LogP) is 3.95.